The summed E-state index contributed by atoms with van der Waals surface area (Å²) in [4.78, 5) is 24.4. The fraction of sp³-hybridized carbons (Fsp3) is 0.120. The number of benzene rings is 3. The van der Waals surface area contributed by atoms with Crippen LogP contribution < -0.4 is 20.2 Å². The van der Waals surface area contributed by atoms with Crippen molar-refractivity contribution in [3.05, 3.63) is 87.6 Å². The Labute approximate surface area is 209 Å². The summed E-state index contributed by atoms with van der Waals surface area (Å²) in [6.45, 7) is 1.90. The lowest BCUT2D eigenvalue weighted by molar-refractivity contribution is -0.118. The molecule has 3 rings (SSSR count). The first kappa shape index (κ1) is 25.4. The second-order valence-corrected chi connectivity index (χ2v) is 7.83. The second kappa shape index (κ2) is 12.3. The molecule has 3 aromatic carbocycles. The number of para-hydroxylation sites is 1. The van der Waals surface area contributed by atoms with Crippen molar-refractivity contribution in [1.82, 2.24) is 5.43 Å². The summed E-state index contributed by atoms with van der Waals surface area (Å²) in [6.07, 6.45) is 1.35. The number of nitrogens with zero attached hydrogens (tertiary/aromatic N) is 2. The number of nitriles is 1. The molecule has 0 bridgehead atoms. The first-order valence-corrected chi connectivity index (χ1v) is 11.2. The number of anilines is 1. The van der Waals surface area contributed by atoms with Crippen molar-refractivity contribution in [2.75, 3.05) is 18.5 Å². The van der Waals surface area contributed by atoms with Gasteiger partial charge < -0.3 is 14.8 Å². The standard InChI is InChI=1S/C25H20BrFN4O4/c1-2-34-22-12-17(14-29-31-25(33)19-9-8-16(13-28)11-21(19)27)10-20(26)24(22)35-15-23(32)30-18-6-4-3-5-7-18/h3-12,14H,2,15H2,1H3,(H,30,32)(H,31,33)/b29-14-. The zero-order valence-electron chi connectivity index (χ0n) is 18.5. The Hall–Kier alpha value is -4.23. The molecule has 0 atom stereocenters. The predicted molar refractivity (Wildman–Crippen MR) is 132 cm³/mol. The Morgan fingerprint density at radius 3 is 2.60 bits per heavy atom. The highest BCUT2D eigenvalue weighted by molar-refractivity contribution is 9.10. The number of rotatable bonds is 9. The molecule has 178 valence electrons. The average Bonchev–Trinajstić information content (AvgIpc) is 2.84. The third kappa shape index (κ3) is 7.12. The minimum atomic E-state index is -0.823. The lowest BCUT2D eigenvalue weighted by Crippen LogP contribution is -2.20. The van der Waals surface area contributed by atoms with Crippen molar-refractivity contribution in [2.24, 2.45) is 5.10 Å². The summed E-state index contributed by atoms with van der Waals surface area (Å²) in [6, 6.07) is 17.6. The van der Waals surface area contributed by atoms with Crippen LogP contribution in [0.15, 0.2) is 70.2 Å². The monoisotopic (exact) mass is 538 g/mol. The van der Waals surface area contributed by atoms with E-state index in [1.807, 2.05) is 18.2 Å². The minimum absolute atomic E-state index is 0.107. The van der Waals surface area contributed by atoms with E-state index in [0.29, 0.717) is 33.8 Å². The summed E-state index contributed by atoms with van der Waals surface area (Å²) in [7, 11) is 0. The van der Waals surface area contributed by atoms with Crippen LogP contribution in [0.4, 0.5) is 10.1 Å². The maximum Gasteiger partial charge on any atom is 0.274 e. The van der Waals surface area contributed by atoms with Gasteiger partial charge >= 0.3 is 0 Å². The van der Waals surface area contributed by atoms with E-state index >= 15 is 0 Å². The van der Waals surface area contributed by atoms with E-state index < -0.39 is 11.7 Å². The van der Waals surface area contributed by atoms with E-state index in [4.69, 9.17) is 14.7 Å². The highest BCUT2D eigenvalue weighted by Crippen LogP contribution is 2.36. The molecule has 0 aliphatic carbocycles. The van der Waals surface area contributed by atoms with Crippen LogP contribution in [-0.2, 0) is 4.79 Å². The number of hydrazone groups is 1. The second-order valence-electron chi connectivity index (χ2n) is 6.97. The van der Waals surface area contributed by atoms with Gasteiger partial charge in [0.2, 0.25) is 0 Å². The molecule has 0 saturated carbocycles. The number of carbonyl (C=O) groups is 2. The smallest absolute Gasteiger partial charge is 0.274 e. The van der Waals surface area contributed by atoms with E-state index in [2.05, 4.69) is 31.8 Å². The molecule has 0 saturated heterocycles. The largest absolute Gasteiger partial charge is 0.490 e. The third-order valence-electron chi connectivity index (χ3n) is 4.46. The van der Waals surface area contributed by atoms with Gasteiger partial charge in [0, 0.05) is 5.69 Å². The Morgan fingerprint density at radius 1 is 1.14 bits per heavy atom. The van der Waals surface area contributed by atoms with E-state index in [0.717, 1.165) is 6.07 Å². The quantitative estimate of drug-likeness (QED) is 0.304. The topological polar surface area (TPSA) is 113 Å². The molecular weight excluding hydrogens is 519 g/mol. The predicted octanol–water partition coefficient (Wildman–Crippen LogP) is 4.64. The fourth-order valence-corrected chi connectivity index (χ4v) is 3.49. The van der Waals surface area contributed by atoms with Gasteiger partial charge in [0.25, 0.3) is 11.8 Å². The van der Waals surface area contributed by atoms with Gasteiger partial charge in [-0.05, 0) is 70.9 Å². The molecule has 0 heterocycles. The molecular formula is C25H20BrFN4O4. The normalized spacial score (nSPS) is 10.5. The van der Waals surface area contributed by atoms with Gasteiger partial charge in [-0.3, -0.25) is 9.59 Å². The lowest BCUT2D eigenvalue weighted by Gasteiger charge is -2.14. The van der Waals surface area contributed by atoms with Crippen LogP contribution in [-0.4, -0.2) is 31.2 Å². The summed E-state index contributed by atoms with van der Waals surface area (Å²) in [5, 5.41) is 15.4. The first-order valence-electron chi connectivity index (χ1n) is 10.4. The van der Waals surface area contributed by atoms with Gasteiger partial charge in [-0.2, -0.15) is 10.4 Å². The number of hydrogen-bond acceptors (Lipinski definition) is 6. The molecule has 0 fully saturated rings. The number of halogens is 2. The summed E-state index contributed by atoms with van der Waals surface area (Å²) >= 11 is 3.40. The van der Waals surface area contributed by atoms with Gasteiger partial charge in [0.1, 0.15) is 5.82 Å². The van der Waals surface area contributed by atoms with Crippen molar-refractivity contribution in [3.63, 3.8) is 0 Å². The highest BCUT2D eigenvalue weighted by atomic mass is 79.9. The van der Waals surface area contributed by atoms with E-state index in [1.165, 1.54) is 18.3 Å². The van der Waals surface area contributed by atoms with Crippen molar-refractivity contribution < 1.29 is 23.5 Å². The van der Waals surface area contributed by atoms with Gasteiger partial charge in [0.15, 0.2) is 18.1 Å². The molecule has 0 unspecified atom stereocenters. The van der Waals surface area contributed by atoms with Crippen LogP contribution in [0.3, 0.4) is 0 Å². The molecule has 8 nitrogen and oxygen atoms in total. The minimum Gasteiger partial charge on any atom is -0.490 e. The molecule has 0 aromatic heterocycles. The number of ether oxygens (including phenoxy) is 2. The molecule has 2 N–H and O–H groups in total. The van der Waals surface area contributed by atoms with E-state index in [-0.39, 0.29) is 23.6 Å². The van der Waals surface area contributed by atoms with Crippen LogP contribution in [0.1, 0.15) is 28.4 Å². The Morgan fingerprint density at radius 2 is 1.91 bits per heavy atom. The molecule has 3 aromatic rings. The summed E-state index contributed by atoms with van der Waals surface area (Å²) in [5.41, 5.74) is 3.30. The zero-order chi connectivity index (χ0) is 25.2. The molecule has 10 heteroatoms. The molecule has 0 aliphatic heterocycles. The zero-order valence-corrected chi connectivity index (χ0v) is 20.1. The molecule has 2 amide bonds. The number of hydrogen-bond donors (Lipinski definition) is 2. The number of carbonyl (C=O) groups excluding carboxylic acids is 2. The highest BCUT2D eigenvalue weighted by Gasteiger charge is 2.15. The molecule has 0 radical (unpaired) electrons. The Balaban J connectivity index is 1.67. The maximum atomic E-state index is 14.0. The van der Waals surface area contributed by atoms with Crippen LogP contribution in [0.5, 0.6) is 11.5 Å². The SMILES string of the molecule is CCOc1cc(/C=N\NC(=O)c2ccc(C#N)cc2F)cc(Br)c1OCC(=O)Nc1ccccc1. The fourth-order valence-electron chi connectivity index (χ4n) is 2.92. The van der Waals surface area contributed by atoms with Crippen LogP contribution >= 0.6 is 15.9 Å². The van der Waals surface area contributed by atoms with Crippen LogP contribution in [0, 0.1) is 17.1 Å². The van der Waals surface area contributed by atoms with Gasteiger partial charge in [-0.1, -0.05) is 18.2 Å². The third-order valence-corrected chi connectivity index (χ3v) is 5.05. The molecule has 35 heavy (non-hydrogen) atoms. The molecule has 0 spiro atoms. The van der Waals surface area contributed by atoms with Crippen molar-refractivity contribution in [1.29, 1.82) is 5.26 Å². The van der Waals surface area contributed by atoms with E-state index in [9.17, 15) is 14.0 Å². The Kier molecular flexibility index (Phi) is 8.92. The summed E-state index contributed by atoms with van der Waals surface area (Å²) in [5.74, 6) is -1.24. The Bertz CT molecular complexity index is 1290. The first-order chi connectivity index (χ1) is 16.9. The van der Waals surface area contributed by atoms with Crippen molar-refractivity contribution >= 4 is 39.6 Å². The van der Waals surface area contributed by atoms with Crippen molar-refractivity contribution in [3.8, 4) is 17.6 Å². The maximum absolute atomic E-state index is 14.0. The van der Waals surface area contributed by atoms with Crippen LogP contribution in [0.2, 0.25) is 0 Å². The van der Waals surface area contributed by atoms with Gasteiger partial charge in [0.05, 0.1) is 34.5 Å². The summed E-state index contributed by atoms with van der Waals surface area (Å²) < 4.78 is 25.8. The van der Waals surface area contributed by atoms with Gasteiger partial charge in [-0.25, -0.2) is 9.82 Å². The average molecular weight is 539 g/mol. The van der Waals surface area contributed by atoms with E-state index in [1.54, 1.807) is 37.3 Å². The van der Waals surface area contributed by atoms with Crippen LogP contribution in [0.25, 0.3) is 0 Å². The van der Waals surface area contributed by atoms with Crippen molar-refractivity contribution in [2.45, 2.75) is 6.92 Å². The lowest BCUT2D eigenvalue weighted by atomic mass is 10.1. The molecule has 0 aliphatic rings. The van der Waals surface area contributed by atoms with Gasteiger partial charge in [-0.15, -0.1) is 0 Å². The number of amides is 2. The number of nitrogens with one attached hydrogen (secondary N) is 2.